The zero-order valence-corrected chi connectivity index (χ0v) is 6.72. The van der Waals surface area contributed by atoms with Gasteiger partial charge in [-0.15, -0.1) is 4.91 Å². The topological polar surface area (TPSA) is 79.2 Å². The van der Waals surface area contributed by atoms with Crippen molar-refractivity contribution in [1.29, 1.82) is 0 Å². The third kappa shape index (κ3) is 1.90. The van der Waals surface area contributed by atoms with Gasteiger partial charge in [-0.2, -0.15) is 0 Å². The van der Waals surface area contributed by atoms with Gasteiger partial charge in [-0.05, 0) is 12.8 Å². The predicted molar refractivity (Wildman–Crippen MR) is 42.4 cm³/mol. The fraction of sp³-hybridized carbons (Fsp3) is 1.00. The van der Waals surface area contributed by atoms with E-state index in [2.05, 4.69) is 5.29 Å². The molecule has 1 unspecified atom stereocenters. The average molecular weight is 174 g/mol. The lowest BCUT2D eigenvalue weighted by atomic mass is 10.1. The van der Waals surface area contributed by atoms with Crippen LogP contribution in [0.4, 0.5) is 0 Å². The SMILES string of the molecule is O=NN([O-])N1CCCCC1CO. The Bertz CT molecular complexity index is 155. The number of hydrazine groups is 1. The van der Waals surface area contributed by atoms with Crippen LogP contribution in [-0.2, 0) is 0 Å². The summed E-state index contributed by atoms with van der Waals surface area (Å²) in [6.45, 7) is 0.398. The van der Waals surface area contributed by atoms with Crippen LogP contribution < -0.4 is 0 Å². The van der Waals surface area contributed by atoms with Gasteiger partial charge < -0.3 is 10.3 Å². The van der Waals surface area contributed by atoms with Crippen molar-refractivity contribution in [2.45, 2.75) is 25.3 Å². The van der Waals surface area contributed by atoms with Crippen molar-refractivity contribution in [3.05, 3.63) is 10.1 Å². The van der Waals surface area contributed by atoms with Crippen LogP contribution in [0.3, 0.4) is 0 Å². The van der Waals surface area contributed by atoms with Crippen molar-refractivity contribution in [3.8, 4) is 0 Å². The smallest absolute Gasteiger partial charge is 0.0605 e. The van der Waals surface area contributed by atoms with Crippen molar-refractivity contribution in [2.75, 3.05) is 13.2 Å². The fourth-order valence-corrected chi connectivity index (χ4v) is 1.44. The van der Waals surface area contributed by atoms with E-state index in [0.29, 0.717) is 6.54 Å². The first-order valence-electron chi connectivity index (χ1n) is 3.97. The van der Waals surface area contributed by atoms with E-state index in [1.807, 2.05) is 0 Å². The molecule has 1 atom stereocenters. The molecule has 1 aliphatic heterocycles. The Kier molecular flexibility index (Phi) is 3.39. The van der Waals surface area contributed by atoms with Gasteiger partial charge in [0.1, 0.15) is 0 Å². The van der Waals surface area contributed by atoms with Crippen molar-refractivity contribution in [3.63, 3.8) is 0 Å². The molecule has 0 amide bonds. The van der Waals surface area contributed by atoms with Gasteiger partial charge in [-0.1, -0.05) is 6.42 Å². The van der Waals surface area contributed by atoms with E-state index in [-0.39, 0.29) is 17.9 Å². The second-order valence-corrected chi connectivity index (χ2v) is 2.83. The summed E-state index contributed by atoms with van der Waals surface area (Å²) in [4.78, 5) is 9.91. The summed E-state index contributed by atoms with van der Waals surface area (Å²) in [6.07, 6.45) is 2.59. The number of rotatable bonds is 3. The first kappa shape index (κ1) is 9.37. The van der Waals surface area contributed by atoms with Crippen LogP contribution in [0.5, 0.6) is 0 Å². The molecule has 0 bridgehead atoms. The maximum absolute atomic E-state index is 10.8. The lowest BCUT2D eigenvalue weighted by molar-refractivity contribution is -0.0594. The van der Waals surface area contributed by atoms with Gasteiger partial charge in [0.25, 0.3) is 0 Å². The lowest BCUT2D eigenvalue weighted by Gasteiger charge is -2.41. The van der Waals surface area contributed by atoms with Crippen molar-refractivity contribution in [1.82, 2.24) is 10.3 Å². The minimum atomic E-state index is -0.242. The van der Waals surface area contributed by atoms with Crippen LogP contribution in [-0.4, -0.2) is 34.6 Å². The Morgan fingerprint density at radius 1 is 1.67 bits per heavy atom. The van der Waals surface area contributed by atoms with Crippen molar-refractivity contribution >= 4 is 0 Å². The number of hydrogen-bond acceptors (Lipinski definition) is 5. The summed E-state index contributed by atoms with van der Waals surface area (Å²) in [5.41, 5.74) is 0. The molecular formula is C6H12N3O3-. The maximum atomic E-state index is 10.8. The summed E-state index contributed by atoms with van der Waals surface area (Å²) in [6, 6.07) is -0.242. The van der Waals surface area contributed by atoms with Gasteiger partial charge in [0, 0.05) is 6.54 Å². The van der Waals surface area contributed by atoms with Gasteiger partial charge in [0.05, 0.1) is 17.9 Å². The molecule has 0 radical (unpaired) electrons. The fourth-order valence-electron chi connectivity index (χ4n) is 1.44. The first-order valence-corrected chi connectivity index (χ1v) is 3.97. The lowest BCUT2D eigenvalue weighted by Crippen LogP contribution is -2.47. The average Bonchev–Trinajstić information content (AvgIpc) is 2.16. The molecule has 6 nitrogen and oxygen atoms in total. The highest BCUT2D eigenvalue weighted by molar-refractivity contribution is 4.73. The van der Waals surface area contributed by atoms with E-state index < -0.39 is 0 Å². The van der Waals surface area contributed by atoms with E-state index in [9.17, 15) is 10.1 Å². The monoisotopic (exact) mass is 174 g/mol. The molecule has 0 spiro atoms. The van der Waals surface area contributed by atoms with Crippen LogP contribution in [0.1, 0.15) is 19.3 Å². The molecule has 12 heavy (non-hydrogen) atoms. The Morgan fingerprint density at radius 3 is 3.00 bits per heavy atom. The van der Waals surface area contributed by atoms with Crippen molar-refractivity contribution < 1.29 is 5.11 Å². The number of aliphatic hydroxyl groups is 1. The normalized spacial score (nSPS) is 25.3. The van der Waals surface area contributed by atoms with Gasteiger partial charge in [-0.25, -0.2) is 5.01 Å². The molecule has 0 saturated carbocycles. The van der Waals surface area contributed by atoms with Gasteiger partial charge >= 0.3 is 0 Å². The molecule has 0 aromatic rings. The summed E-state index contributed by atoms with van der Waals surface area (Å²) in [5.74, 6) is 0. The number of nitrogens with zero attached hydrogens (tertiary/aromatic N) is 3. The zero-order chi connectivity index (χ0) is 8.97. The summed E-state index contributed by atoms with van der Waals surface area (Å²) >= 11 is 0. The standard InChI is InChI=1S/C6H12N3O3/c10-5-6-3-1-2-4-8(6)9(12)7-11/h6,10H,1-5H2/q-1. The highest BCUT2D eigenvalue weighted by Crippen LogP contribution is 2.17. The molecule has 1 aliphatic rings. The number of nitroso groups, excluding NO2 is 1. The van der Waals surface area contributed by atoms with Crippen LogP contribution >= 0.6 is 0 Å². The zero-order valence-electron chi connectivity index (χ0n) is 6.72. The predicted octanol–water partition coefficient (Wildman–Crippen LogP) is 0.229. The summed E-state index contributed by atoms with van der Waals surface area (Å²) < 4.78 is 0. The molecule has 6 heteroatoms. The molecule has 1 saturated heterocycles. The maximum Gasteiger partial charge on any atom is 0.0605 e. The van der Waals surface area contributed by atoms with Crippen LogP contribution in [0.15, 0.2) is 5.29 Å². The number of piperidine rings is 1. The van der Waals surface area contributed by atoms with Crippen LogP contribution in [0.2, 0.25) is 0 Å². The second-order valence-electron chi connectivity index (χ2n) is 2.83. The Hall–Kier alpha value is -0.720. The van der Waals surface area contributed by atoms with Gasteiger partial charge in [0.15, 0.2) is 0 Å². The number of hydrogen-bond donors (Lipinski definition) is 1. The Morgan fingerprint density at radius 2 is 2.42 bits per heavy atom. The molecule has 1 rings (SSSR count). The van der Waals surface area contributed by atoms with Crippen LogP contribution in [0.25, 0.3) is 0 Å². The molecule has 1 fully saturated rings. The summed E-state index contributed by atoms with van der Waals surface area (Å²) in [7, 11) is 0. The molecule has 0 aromatic heterocycles. The highest BCUT2D eigenvalue weighted by Gasteiger charge is 2.22. The minimum Gasteiger partial charge on any atom is -0.724 e. The quantitative estimate of drug-likeness (QED) is 0.489. The van der Waals surface area contributed by atoms with E-state index in [4.69, 9.17) is 5.11 Å². The Labute approximate surface area is 70.3 Å². The van der Waals surface area contributed by atoms with E-state index in [1.165, 1.54) is 5.01 Å². The first-order chi connectivity index (χ1) is 5.79. The third-order valence-corrected chi connectivity index (χ3v) is 2.10. The van der Waals surface area contributed by atoms with Crippen molar-refractivity contribution in [2.24, 2.45) is 5.29 Å². The highest BCUT2D eigenvalue weighted by atomic mass is 16.6. The molecule has 0 aliphatic carbocycles. The number of aliphatic hydroxyl groups excluding tert-OH is 1. The molecule has 1 N–H and O–H groups in total. The van der Waals surface area contributed by atoms with E-state index in [0.717, 1.165) is 19.3 Å². The second kappa shape index (κ2) is 4.34. The molecule has 70 valence electrons. The molecular weight excluding hydrogens is 162 g/mol. The van der Waals surface area contributed by atoms with E-state index in [1.54, 1.807) is 0 Å². The third-order valence-electron chi connectivity index (χ3n) is 2.10. The molecule has 1 heterocycles. The van der Waals surface area contributed by atoms with E-state index >= 15 is 0 Å². The van der Waals surface area contributed by atoms with Crippen LogP contribution in [0, 0.1) is 10.1 Å². The Balaban J connectivity index is 2.51. The summed E-state index contributed by atoms with van der Waals surface area (Å²) in [5, 5.41) is 23.2. The van der Waals surface area contributed by atoms with Gasteiger partial charge in [-0.3, -0.25) is 5.28 Å². The van der Waals surface area contributed by atoms with Gasteiger partial charge in [0.2, 0.25) is 0 Å². The largest absolute Gasteiger partial charge is 0.724 e. The minimum absolute atomic E-state index is 0.0278. The molecule has 0 aromatic carbocycles.